The molecule has 8 nitrogen and oxygen atoms in total. The average molecular weight is 477 g/mol. The van der Waals surface area contributed by atoms with Crippen molar-refractivity contribution in [3.8, 4) is 6.07 Å². The third-order valence-corrected chi connectivity index (χ3v) is 7.06. The van der Waals surface area contributed by atoms with Crippen LogP contribution in [0.3, 0.4) is 0 Å². The highest BCUT2D eigenvalue weighted by Crippen LogP contribution is 2.33. The van der Waals surface area contributed by atoms with E-state index in [1.165, 1.54) is 0 Å². The van der Waals surface area contributed by atoms with Crippen LogP contribution in [0.5, 0.6) is 0 Å². The number of carbonyl (C=O) groups is 1. The van der Waals surface area contributed by atoms with Crippen molar-refractivity contribution in [2.45, 2.75) is 38.5 Å². The first-order chi connectivity index (χ1) is 17.0. The number of carbonyl (C=O) groups excluding carboxylic acids is 1. The molecule has 3 atom stereocenters. The maximum Gasteiger partial charge on any atom is 0.175 e. The lowest BCUT2D eigenvalue weighted by molar-refractivity contribution is -0.121. The fourth-order valence-corrected chi connectivity index (χ4v) is 5.26. The second kappa shape index (κ2) is 11.0. The molecule has 1 aromatic carbocycles. The highest BCUT2D eigenvalue weighted by molar-refractivity contribution is 5.89. The van der Waals surface area contributed by atoms with E-state index in [0.29, 0.717) is 18.0 Å². The van der Waals surface area contributed by atoms with Gasteiger partial charge in [0.1, 0.15) is 12.2 Å². The van der Waals surface area contributed by atoms with Gasteiger partial charge in [-0.15, -0.1) is 0 Å². The summed E-state index contributed by atoms with van der Waals surface area (Å²) in [5.74, 6) is 0.520. The van der Waals surface area contributed by atoms with E-state index in [0.717, 1.165) is 54.1 Å². The van der Waals surface area contributed by atoms with Gasteiger partial charge in [-0.05, 0) is 54.0 Å². The number of ketones is 1. The summed E-state index contributed by atoms with van der Waals surface area (Å²) in [5.41, 5.74) is 5.81. The number of allylic oxidation sites excluding steroid dienone is 2. The number of benzene rings is 1. The second-order valence-corrected chi connectivity index (χ2v) is 9.42. The molecule has 0 bridgehead atoms. The highest BCUT2D eigenvalue weighted by Gasteiger charge is 2.42. The molecule has 1 aromatic rings. The number of nitrogens with zero attached hydrogens (tertiary/aromatic N) is 3. The van der Waals surface area contributed by atoms with Crippen molar-refractivity contribution in [3.05, 3.63) is 64.8 Å². The Bertz CT molecular complexity index is 1080. The highest BCUT2D eigenvalue weighted by atomic mass is 16.5. The predicted octanol–water partition coefficient (Wildman–Crippen LogP) is 2.12. The summed E-state index contributed by atoms with van der Waals surface area (Å²) in [6, 6.07) is 7.79. The molecule has 0 aromatic heterocycles. The van der Waals surface area contributed by atoms with Crippen molar-refractivity contribution in [1.29, 1.82) is 5.26 Å². The second-order valence-electron chi connectivity index (χ2n) is 9.42. The summed E-state index contributed by atoms with van der Waals surface area (Å²) >= 11 is 0. The van der Waals surface area contributed by atoms with Gasteiger partial charge in [0.2, 0.25) is 0 Å². The molecule has 3 heterocycles. The first kappa shape index (κ1) is 24.8. The van der Waals surface area contributed by atoms with Crippen molar-refractivity contribution in [2.24, 2.45) is 5.92 Å². The fourth-order valence-electron chi connectivity index (χ4n) is 5.26. The van der Waals surface area contributed by atoms with Gasteiger partial charge in [0.05, 0.1) is 36.2 Å². The van der Waals surface area contributed by atoms with Gasteiger partial charge >= 0.3 is 0 Å². The van der Waals surface area contributed by atoms with E-state index in [-0.39, 0.29) is 24.5 Å². The number of likely N-dealkylation sites (N-methyl/N-ethyl adjacent to an activating group) is 2. The minimum absolute atomic E-state index is 0.113. The summed E-state index contributed by atoms with van der Waals surface area (Å²) in [5, 5.41) is 19.5. The lowest BCUT2D eigenvalue weighted by Crippen LogP contribution is -2.48. The Morgan fingerprint density at radius 3 is 2.86 bits per heavy atom. The Morgan fingerprint density at radius 2 is 2.17 bits per heavy atom. The molecule has 0 saturated carbocycles. The largest absolute Gasteiger partial charge is 0.394 e. The van der Waals surface area contributed by atoms with Crippen LogP contribution in [0.1, 0.15) is 36.5 Å². The number of nitrogens with one attached hydrogen (secondary N) is 3. The molecule has 0 aliphatic carbocycles. The zero-order valence-electron chi connectivity index (χ0n) is 21.1. The van der Waals surface area contributed by atoms with Crippen LogP contribution in [-0.4, -0.2) is 68.7 Å². The van der Waals surface area contributed by atoms with Crippen LogP contribution < -0.4 is 16.0 Å². The smallest absolute Gasteiger partial charge is 0.175 e. The molecule has 3 aliphatic heterocycles. The Hall–Kier alpha value is -3.28. The molecule has 0 spiro atoms. The normalized spacial score (nSPS) is 23.9. The Balaban J connectivity index is 1.43. The molecule has 3 aliphatic rings. The zero-order valence-corrected chi connectivity index (χ0v) is 21.1. The van der Waals surface area contributed by atoms with Crippen LogP contribution >= 0.6 is 0 Å². The predicted molar refractivity (Wildman–Crippen MR) is 137 cm³/mol. The van der Waals surface area contributed by atoms with Crippen molar-refractivity contribution < 1.29 is 9.53 Å². The quantitative estimate of drug-likeness (QED) is 0.499. The molecule has 1 fully saturated rings. The number of hydrogen-bond acceptors (Lipinski definition) is 8. The van der Waals surface area contributed by atoms with Crippen LogP contribution in [0.4, 0.5) is 0 Å². The van der Waals surface area contributed by atoms with Crippen molar-refractivity contribution in [3.63, 3.8) is 0 Å². The Morgan fingerprint density at radius 1 is 1.34 bits per heavy atom. The zero-order chi connectivity index (χ0) is 24.9. The van der Waals surface area contributed by atoms with Gasteiger partial charge in [0, 0.05) is 46.4 Å². The molecule has 1 saturated heterocycles. The molecule has 3 N–H and O–H groups in total. The van der Waals surface area contributed by atoms with E-state index < -0.39 is 0 Å². The number of Topliss-reactive ketones (excluding diaryl/α,β-unsaturated/α-hetero) is 1. The third-order valence-electron chi connectivity index (χ3n) is 7.06. The Kier molecular flexibility index (Phi) is 7.79. The van der Waals surface area contributed by atoms with Crippen LogP contribution in [0, 0.1) is 17.2 Å². The summed E-state index contributed by atoms with van der Waals surface area (Å²) in [6.07, 6.45) is 8.01. The van der Waals surface area contributed by atoms with Crippen LogP contribution in [0.2, 0.25) is 0 Å². The van der Waals surface area contributed by atoms with E-state index in [9.17, 15) is 10.1 Å². The van der Waals surface area contributed by atoms with Gasteiger partial charge in [0.15, 0.2) is 5.78 Å². The Labute approximate surface area is 208 Å². The van der Waals surface area contributed by atoms with Crippen LogP contribution in [-0.2, 0) is 16.1 Å². The van der Waals surface area contributed by atoms with Crippen LogP contribution in [0.15, 0.2) is 48.1 Å². The molecule has 0 amide bonds. The van der Waals surface area contributed by atoms with Gasteiger partial charge in [-0.25, -0.2) is 0 Å². The van der Waals surface area contributed by atoms with Gasteiger partial charge < -0.3 is 30.5 Å². The summed E-state index contributed by atoms with van der Waals surface area (Å²) in [7, 11) is 5.89. The lowest BCUT2D eigenvalue weighted by Gasteiger charge is -2.35. The summed E-state index contributed by atoms with van der Waals surface area (Å²) in [6.45, 7) is 4.39. The first-order valence-corrected chi connectivity index (χ1v) is 12.3. The molecular formula is C27H36N6O2. The van der Waals surface area contributed by atoms with Crippen molar-refractivity contribution in [1.82, 2.24) is 25.8 Å². The van der Waals surface area contributed by atoms with Gasteiger partial charge in [0.25, 0.3) is 0 Å². The first-order valence-electron chi connectivity index (χ1n) is 12.3. The van der Waals surface area contributed by atoms with Crippen LogP contribution in [0.25, 0.3) is 5.57 Å². The molecular weight excluding hydrogens is 440 g/mol. The maximum atomic E-state index is 13.4. The topological polar surface area (TPSA) is 92.7 Å². The van der Waals surface area contributed by atoms with E-state index >= 15 is 0 Å². The van der Waals surface area contributed by atoms with E-state index in [1.807, 2.05) is 43.5 Å². The number of hydrogen-bond donors (Lipinski definition) is 3. The monoisotopic (exact) mass is 476 g/mol. The molecule has 0 radical (unpaired) electrons. The number of ether oxygens (including phenoxy) is 1. The van der Waals surface area contributed by atoms with Gasteiger partial charge in [-0.1, -0.05) is 13.0 Å². The third kappa shape index (κ3) is 5.21. The summed E-state index contributed by atoms with van der Waals surface area (Å²) in [4.78, 5) is 17.6. The maximum absolute atomic E-state index is 13.4. The molecule has 35 heavy (non-hydrogen) atoms. The van der Waals surface area contributed by atoms with E-state index in [4.69, 9.17) is 4.74 Å². The SMILES string of the molecule is CC/C(=C\NC)c1cc(C#N)cc(CNCC(=O)C2C3=C(C=CN2C)NC(C2CCOC2)N3C)c1. The van der Waals surface area contributed by atoms with Gasteiger partial charge in [-0.2, -0.15) is 5.26 Å². The minimum atomic E-state index is -0.349. The lowest BCUT2D eigenvalue weighted by atomic mass is 9.98. The standard InChI is InChI=1S/C27H36N6O2/c1-5-20(15-29-2)22-11-18(13-28)10-19(12-22)14-30-16-24(34)26-25-23(6-8-32(26)3)31-27(33(25)4)21-7-9-35-17-21/h6,8,10-12,15,21,26-27,29-31H,5,7,9,14,16-17H2,1-4H3/b20-15+. The fraction of sp³-hybridized carbons (Fsp3) is 0.481. The number of nitriles is 1. The minimum Gasteiger partial charge on any atom is -0.394 e. The van der Waals surface area contributed by atoms with E-state index in [1.54, 1.807) is 0 Å². The number of rotatable bonds is 9. The molecule has 3 unspecified atom stereocenters. The van der Waals surface area contributed by atoms with Crippen molar-refractivity contribution in [2.75, 3.05) is 40.9 Å². The average Bonchev–Trinajstić information content (AvgIpc) is 3.50. The molecule has 8 heteroatoms. The van der Waals surface area contributed by atoms with Gasteiger partial charge in [-0.3, -0.25) is 4.79 Å². The van der Waals surface area contributed by atoms with Crippen molar-refractivity contribution >= 4 is 11.4 Å². The molecule has 4 rings (SSSR count). The summed E-state index contributed by atoms with van der Waals surface area (Å²) < 4.78 is 5.60. The van der Waals surface area contributed by atoms with E-state index in [2.05, 4.69) is 53.0 Å². The molecule has 186 valence electrons.